The van der Waals surface area contributed by atoms with Gasteiger partial charge in [0.15, 0.2) is 0 Å². The van der Waals surface area contributed by atoms with E-state index in [1.165, 1.54) is 11.1 Å². The molecular formula is C17H18N4. The van der Waals surface area contributed by atoms with Gasteiger partial charge < -0.3 is 5.73 Å². The van der Waals surface area contributed by atoms with Crippen LogP contribution in [0.25, 0.3) is 5.69 Å². The highest BCUT2D eigenvalue weighted by molar-refractivity contribution is 5.35. The lowest BCUT2D eigenvalue weighted by molar-refractivity contribution is 0.719. The van der Waals surface area contributed by atoms with Gasteiger partial charge in [0.05, 0.1) is 17.9 Å². The molecule has 0 amide bonds. The summed E-state index contributed by atoms with van der Waals surface area (Å²) in [6.45, 7) is 4.18. The normalized spacial score (nSPS) is 12.3. The zero-order valence-corrected chi connectivity index (χ0v) is 12.2. The van der Waals surface area contributed by atoms with Crippen LogP contribution in [-0.4, -0.2) is 15.0 Å². The standard InChI is InChI=1S/C17H18N4/c1-12-8-9-14(10-13(12)2)17(18)16-11-19-21(20-16)15-6-4-3-5-7-15/h3-11,17H,18H2,1-2H3. The van der Waals surface area contributed by atoms with Crippen LogP contribution in [0.5, 0.6) is 0 Å². The van der Waals surface area contributed by atoms with Crippen molar-refractivity contribution in [1.82, 2.24) is 15.0 Å². The smallest absolute Gasteiger partial charge is 0.104 e. The second-order valence-corrected chi connectivity index (χ2v) is 5.22. The number of benzene rings is 2. The van der Waals surface area contributed by atoms with Gasteiger partial charge in [0.1, 0.15) is 5.69 Å². The maximum absolute atomic E-state index is 6.31. The first-order chi connectivity index (χ1) is 10.1. The minimum Gasteiger partial charge on any atom is -0.319 e. The molecule has 3 aromatic rings. The van der Waals surface area contributed by atoms with E-state index in [9.17, 15) is 0 Å². The Bertz CT molecular complexity index is 746. The fourth-order valence-electron chi connectivity index (χ4n) is 2.23. The molecule has 2 aromatic carbocycles. The Morgan fingerprint density at radius 2 is 1.76 bits per heavy atom. The molecule has 21 heavy (non-hydrogen) atoms. The first-order valence-electron chi connectivity index (χ1n) is 6.95. The van der Waals surface area contributed by atoms with Crippen LogP contribution in [0.2, 0.25) is 0 Å². The second kappa shape index (κ2) is 5.50. The molecule has 0 spiro atoms. The highest BCUT2D eigenvalue weighted by Crippen LogP contribution is 2.20. The van der Waals surface area contributed by atoms with Crippen LogP contribution in [0.4, 0.5) is 0 Å². The zero-order chi connectivity index (χ0) is 14.8. The SMILES string of the molecule is Cc1ccc(C(N)c2cnn(-c3ccccc3)n2)cc1C. The van der Waals surface area contributed by atoms with Crippen molar-refractivity contribution in [2.45, 2.75) is 19.9 Å². The minimum absolute atomic E-state index is 0.262. The number of hydrogen-bond acceptors (Lipinski definition) is 3. The number of aryl methyl sites for hydroxylation is 2. The average molecular weight is 278 g/mol. The van der Waals surface area contributed by atoms with E-state index in [2.05, 4.69) is 42.2 Å². The number of rotatable bonds is 3. The third-order valence-corrected chi connectivity index (χ3v) is 3.71. The van der Waals surface area contributed by atoms with Crippen molar-refractivity contribution in [3.8, 4) is 5.69 Å². The maximum atomic E-state index is 6.31. The Morgan fingerprint density at radius 3 is 2.48 bits per heavy atom. The zero-order valence-electron chi connectivity index (χ0n) is 12.2. The van der Waals surface area contributed by atoms with Gasteiger partial charge in [-0.2, -0.15) is 15.0 Å². The lowest BCUT2D eigenvalue weighted by Crippen LogP contribution is -2.13. The van der Waals surface area contributed by atoms with Crippen molar-refractivity contribution in [3.05, 3.63) is 77.1 Å². The summed E-state index contributed by atoms with van der Waals surface area (Å²) >= 11 is 0. The Balaban J connectivity index is 1.90. The van der Waals surface area contributed by atoms with E-state index in [4.69, 9.17) is 5.73 Å². The largest absolute Gasteiger partial charge is 0.319 e. The molecule has 0 bridgehead atoms. The summed E-state index contributed by atoms with van der Waals surface area (Å²) in [4.78, 5) is 1.61. The van der Waals surface area contributed by atoms with E-state index in [1.54, 1.807) is 11.0 Å². The molecule has 4 heteroatoms. The van der Waals surface area contributed by atoms with E-state index < -0.39 is 0 Å². The lowest BCUT2D eigenvalue weighted by atomic mass is 10.00. The number of nitrogens with zero attached hydrogens (tertiary/aromatic N) is 3. The summed E-state index contributed by atoms with van der Waals surface area (Å²) in [6, 6.07) is 15.8. The molecular weight excluding hydrogens is 260 g/mol. The van der Waals surface area contributed by atoms with Gasteiger partial charge in [-0.1, -0.05) is 36.4 Å². The van der Waals surface area contributed by atoms with Crippen LogP contribution in [-0.2, 0) is 0 Å². The van der Waals surface area contributed by atoms with Gasteiger partial charge in [0.25, 0.3) is 0 Å². The maximum Gasteiger partial charge on any atom is 0.104 e. The molecule has 1 unspecified atom stereocenters. The van der Waals surface area contributed by atoms with Gasteiger partial charge >= 0.3 is 0 Å². The Morgan fingerprint density at radius 1 is 1.00 bits per heavy atom. The first-order valence-corrected chi connectivity index (χ1v) is 6.95. The molecule has 1 heterocycles. The van der Waals surface area contributed by atoms with Crippen LogP contribution >= 0.6 is 0 Å². The summed E-state index contributed by atoms with van der Waals surface area (Å²) in [5, 5.41) is 8.79. The van der Waals surface area contributed by atoms with Gasteiger partial charge in [-0.05, 0) is 42.7 Å². The molecule has 4 nitrogen and oxygen atoms in total. The molecule has 0 saturated heterocycles. The predicted octanol–water partition coefficient (Wildman–Crippen LogP) is 2.93. The Hall–Kier alpha value is -2.46. The number of para-hydroxylation sites is 1. The van der Waals surface area contributed by atoms with Crippen LogP contribution in [0, 0.1) is 13.8 Å². The second-order valence-electron chi connectivity index (χ2n) is 5.22. The molecule has 0 radical (unpaired) electrons. The summed E-state index contributed by atoms with van der Waals surface area (Å²) in [7, 11) is 0. The Labute approximate surface area is 124 Å². The summed E-state index contributed by atoms with van der Waals surface area (Å²) in [5.41, 5.74) is 11.6. The quantitative estimate of drug-likeness (QED) is 0.801. The molecule has 0 saturated carbocycles. The van der Waals surface area contributed by atoms with E-state index in [1.807, 2.05) is 30.3 Å². The number of aromatic nitrogens is 3. The summed E-state index contributed by atoms with van der Waals surface area (Å²) in [6.07, 6.45) is 1.73. The van der Waals surface area contributed by atoms with Crippen molar-refractivity contribution in [3.63, 3.8) is 0 Å². The monoisotopic (exact) mass is 278 g/mol. The van der Waals surface area contributed by atoms with Crippen LogP contribution < -0.4 is 5.73 Å². The molecule has 0 fully saturated rings. The highest BCUT2D eigenvalue weighted by Gasteiger charge is 2.14. The lowest BCUT2D eigenvalue weighted by Gasteiger charge is -2.11. The fraction of sp³-hybridized carbons (Fsp3) is 0.176. The van der Waals surface area contributed by atoms with Crippen molar-refractivity contribution in [1.29, 1.82) is 0 Å². The van der Waals surface area contributed by atoms with Crippen LogP contribution in [0.15, 0.2) is 54.7 Å². The van der Waals surface area contributed by atoms with E-state index in [-0.39, 0.29) is 6.04 Å². The molecule has 1 atom stereocenters. The van der Waals surface area contributed by atoms with E-state index in [0.29, 0.717) is 0 Å². The molecule has 0 aliphatic carbocycles. The highest BCUT2D eigenvalue weighted by atomic mass is 15.5. The Kier molecular flexibility index (Phi) is 3.54. The average Bonchev–Trinajstić information content (AvgIpc) is 3.00. The minimum atomic E-state index is -0.262. The molecule has 0 aliphatic rings. The fourth-order valence-corrected chi connectivity index (χ4v) is 2.23. The molecule has 3 rings (SSSR count). The van der Waals surface area contributed by atoms with Gasteiger partial charge in [-0.3, -0.25) is 0 Å². The van der Waals surface area contributed by atoms with Crippen LogP contribution in [0.3, 0.4) is 0 Å². The summed E-state index contributed by atoms with van der Waals surface area (Å²) < 4.78 is 0. The third kappa shape index (κ3) is 2.71. The number of nitrogens with two attached hydrogens (primary N) is 1. The first kappa shape index (κ1) is 13.5. The van der Waals surface area contributed by atoms with Gasteiger partial charge in [0, 0.05) is 0 Å². The predicted molar refractivity (Wildman–Crippen MR) is 83.3 cm³/mol. The van der Waals surface area contributed by atoms with Gasteiger partial charge in [0.2, 0.25) is 0 Å². The third-order valence-electron chi connectivity index (χ3n) is 3.71. The molecule has 2 N–H and O–H groups in total. The van der Waals surface area contributed by atoms with E-state index in [0.717, 1.165) is 16.9 Å². The topological polar surface area (TPSA) is 56.7 Å². The molecule has 0 aliphatic heterocycles. The van der Waals surface area contributed by atoms with Crippen molar-refractivity contribution >= 4 is 0 Å². The van der Waals surface area contributed by atoms with Crippen LogP contribution in [0.1, 0.15) is 28.4 Å². The van der Waals surface area contributed by atoms with E-state index >= 15 is 0 Å². The van der Waals surface area contributed by atoms with Crippen molar-refractivity contribution in [2.75, 3.05) is 0 Å². The molecule has 106 valence electrons. The molecule has 1 aromatic heterocycles. The van der Waals surface area contributed by atoms with Gasteiger partial charge in [-0.15, -0.1) is 0 Å². The van der Waals surface area contributed by atoms with Crippen molar-refractivity contribution < 1.29 is 0 Å². The van der Waals surface area contributed by atoms with Gasteiger partial charge in [-0.25, -0.2) is 0 Å². The summed E-state index contributed by atoms with van der Waals surface area (Å²) in [5.74, 6) is 0. The van der Waals surface area contributed by atoms with Crippen molar-refractivity contribution in [2.24, 2.45) is 5.73 Å². The number of hydrogen-bond donors (Lipinski definition) is 1.